The quantitative estimate of drug-likeness (QED) is 0.157. The standard InChI is InChI=1S/C26H30ClN3O7S/c1-3-36-15-7-14-29(38(34,35)23-12-13-24(27)25(16-23)30(32)33)19-26(31)28(17-21-8-5-4-6-9-21)18-22-11-10-20(2)37-22/h4-6,8-13,16H,3,7,14-15,17-19H2,1-2H3. The molecule has 0 aliphatic carbocycles. The van der Waals surface area contributed by atoms with E-state index >= 15 is 0 Å². The lowest BCUT2D eigenvalue weighted by Crippen LogP contribution is -2.43. The number of sulfonamides is 1. The van der Waals surface area contributed by atoms with E-state index in [-0.39, 0.29) is 36.2 Å². The molecule has 12 heteroatoms. The van der Waals surface area contributed by atoms with Gasteiger partial charge in [0.15, 0.2) is 0 Å². The van der Waals surface area contributed by atoms with E-state index in [0.29, 0.717) is 24.5 Å². The first kappa shape index (κ1) is 29.3. The Kier molecular flexibility index (Phi) is 10.4. The fraction of sp³-hybridized carbons (Fsp3) is 0.346. The Labute approximate surface area is 227 Å². The fourth-order valence-electron chi connectivity index (χ4n) is 3.76. The number of benzene rings is 2. The molecule has 0 saturated heterocycles. The van der Waals surface area contributed by atoms with Gasteiger partial charge in [0.25, 0.3) is 5.69 Å². The number of furan rings is 1. The number of halogens is 1. The average Bonchev–Trinajstić information content (AvgIpc) is 3.30. The maximum atomic E-state index is 13.6. The minimum atomic E-state index is -4.29. The summed E-state index contributed by atoms with van der Waals surface area (Å²) in [7, 11) is -4.29. The van der Waals surface area contributed by atoms with Crippen LogP contribution in [-0.2, 0) is 32.6 Å². The van der Waals surface area contributed by atoms with E-state index in [1.54, 1.807) is 19.1 Å². The summed E-state index contributed by atoms with van der Waals surface area (Å²) < 4.78 is 39.2. The van der Waals surface area contributed by atoms with Crippen molar-refractivity contribution in [3.63, 3.8) is 0 Å². The Morgan fingerprint density at radius 1 is 1.11 bits per heavy atom. The van der Waals surface area contributed by atoms with Gasteiger partial charge >= 0.3 is 0 Å². The molecule has 204 valence electrons. The molecule has 2 aromatic carbocycles. The van der Waals surface area contributed by atoms with Gasteiger partial charge in [0.05, 0.1) is 22.9 Å². The zero-order valence-electron chi connectivity index (χ0n) is 21.2. The number of carbonyl (C=O) groups excluding carboxylic acids is 1. The summed E-state index contributed by atoms with van der Waals surface area (Å²) in [4.78, 5) is 25.4. The van der Waals surface area contributed by atoms with E-state index in [2.05, 4.69) is 0 Å². The smallest absolute Gasteiger partial charge is 0.289 e. The molecule has 1 heterocycles. The number of aryl methyl sites for hydroxylation is 1. The van der Waals surface area contributed by atoms with Crippen molar-refractivity contribution in [2.24, 2.45) is 0 Å². The number of amides is 1. The summed E-state index contributed by atoms with van der Waals surface area (Å²) in [6.45, 7) is 4.24. The molecule has 3 rings (SSSR count). The first-order valence-corrected chi connectivity index (χ1v) is 13.8. The SMILES string of the molecule is CCOCCCN(CC(=O)N(Cc1ccccc1)Cc1ccc(C)o1)S(=O)(=O)c1ccc(Cl)c([N+](=O)[O-])c1. The molecule has 38 heavy (non-hydrogen) atoms. The summed E-state index contributed by atoms with van der Waals surface area (Å²) in [6, 6.07) is 16.1. The lowest BCUT2D eigenvalue weighted by Gasteiger charge is -2.27. The van der Waals surface area contributed by atoms with Crippen molar-refractivity contribution in [1.29, 1.82) is 0 Å². The molecule has 0 radical (unpaired) electrons. The van der Waals surface area contributed by atoms with Gasteiger partial charge < -0.3 is 14.1 Å². The minimum Gasteiger partial charge on any atom is -0.464 e. The van der Waals surface area contributed by atoms with Gasteiger partial charge in [0.1, 0.15) is 16.5 Å². The van der Waals surface area contributed by atoms with Gasteiger partial charge in [-0.3, -0.25) is 14.9 Å². The molecule has 0 bridgehead atoms. The van der Waals surface area contributed by atoms with Gasteiger partial charge in [-0.1, -0.05) is 41.9 Å². The van der Waals surface area contributed by atoms with Crippen molar-refractivity contribution in [3.05, 3.63) is 92.9 Å². The first-order valence-electron chi connectivity index (χ1n) is 12.0. The van der Waals surface area contributed by atoms with E-state index < -0.39 is 33.1 Å². The van der Waals surface area contributed by atoms with Crippen molar-refractivity contribution >= 4 is 33.2 Å². The van der Waals surface area contributed by atoms with Gasteiger partial charge in [-0.25, -0.2) is 8.42 Å². The van der Waals surface area contributed by atoms with Gasteiger partial charge in [0.2, 0.25) is 15.9 Å². The van der Waals surface area contributed by atoms with Crippen LogP contribution in [0.5, 0.6) is 0 Å². The molecule has 3 aromatic rings. The van der Waals surface area contributed by atoms with Crippen LogP contribution in [0, 0.1) is 17.0 Å². The summed E-state index contributed by atoms with van der Waals surface area (Å²) in [5.41, 5.74) is 0.329. The maximum absolute atomic E-state index is 13.6. The molecule has 0 atom stereocenters. The van der Waals surface area contributed by atoms with Crippen LogP contribution in [-0.4, -0.2) is 54.8 Å². The Hall–Kier alpha value is -3.25. The second kappa shape index (κ2) is 13.5. The van der Waals surface area contributed by atoms with E-state index in [9.17, 15) is 23.3 Å². The number of ether oxygens (including phenoxy) is 1. The van der Waals surface area contributed by atoms with Gasteiger partial charge in [-0.15, -0.1) is 0 Å². The van der Waals surface area contributed by atoms with Crippen LogP contribution in [0.2, 0.25) is 5.02 Å². The third-order valence-electron chi connectivity index (χ3n) is 5.68. The average molecular weight is 564 g/mol. The highest BCUT2D eigenvalue weighted by molar-refractivity contribution is 7.89. The summed E-state index contributed by atoms with van der Waals surface area (Å²) in [6.07, 6.45) is 0.325. The van der Waals surface area contributed by atoms with Gasteiger partial charge in [-0.2, -0.15) is 4.31 Å². The van der Waals surface area contributed by atoms with E-state index in [1.807, 2.05) is 37.3 Å². The molecule has 1 aromatic heterocycles. The minimum absolute atomic E-state index is 0.0243. The van der Waals surface area contributed by atoms with E-state index in [1.165, 1.54) is 11.0 Å². The van der Waals surface area contributed by atoms with E-state index in [0.717, 1.165) is 22.0 Å². The van der Waals surface area contributed by atoms with Crippen LogP contribution in [0.3, 0.4) is 0 Å². The number of nitro groups is 1. The third-order valence-corrected chi connectivity index (χ3v) is 7.84. The topological polar surface area (TPSA) is 123 Å². The van der Waals surface area contributed by atoms with Crippen LogP contribution in [0.4, 0.5) is 5.69 Å². The number of carbonyl (C=O) groups is 1. The van der Waals surface area contributed by atoms with Crippen LogP contribution in [0.15, 0.2) is 70.0 Å². The molecule has 0 fully saturated rings. The Morgan fingerprint density at radius 3 is 2.47 bits per heavy atom. The fourth-order valence-corrected chi connectivity index (χ4v) is 5.39. The molecule has 0 saturated carbocycles. The van der Waals surface area contributed by atoms with Gasteiger partial charge in [-0.05, 0) is 50.1 Å². The number of nitro benzene ring substituents is 1. The molecular formula is C26H30ClN3O7S. The van der Waals surface area contributed by atoms with E-state index in [4.69, 9.17) is 20.8 Å². The second-order valence-electron chi connectivity index (χ2n) is 8.51. The zero-order chi connectivity index (χ0) is 27.7. The molecule has 0 N–H and O–H groups in total. The number of rotatable bonds is 14. The molecule has 0 aliphatic heterocycles. The predicted molar refractivity (Wildman–Crippen MR) is 142 cm³/mol. The lowest BCUT2D eigenvalue weighted by molar-refractivity contribution is -0.384. The van der Waals surface area contributed by atoms with Crippen LogP contribution >= 0.6 is 11.6 Å². The summed E-state index contributed by atoms with van der Waals surface area (Å²) in [5, 5.41) is 11.2. The summed E-state index contributed by atoms with van der Waals surface area (Å²) in [5.74, 6) is 0.800. The van der Waals surface area contributed by atoms with Crippen molar-refractivity contribution in [3.8, 4) is 0 Å². The second-order valence-corrected chi connectivity index (χ2v) is 10.9. The van der Waals surface area contributed by atoms with Crippen molar-refractivity contribution < 1.29 is 27.3 Å². The zero-order valence-corrected chi connectivity index (χ0v) is 22.8. The van der Waals surface area contributed by atoms with Crippen LogP contribution in [0.25, 0.3) is 0 Å². The molecular weight excluding hydrogens is 534 g/mol. The summed E-state index contributed by atoms with van der Waals surface area (Å²) >= 11 is 5.88. The molecule has 0 spiro atoms. The monoisotopic (exact) mass is 563 g/mol. The normalized spacial score (nSPS) is 11.6. The Balaban J connectivity index is 1.91. The number of hydrogen-bond acceptors (Lipinski definition) is 7. The Bertz CT molecular complexity index is 1350. The lowest BCUT2D eigenvalue weighted by atomic mass is 10.2. The third kappa shape index (κ3) is 7.87. The highest BCUT2D eigenvalue weighted by Crippen LogP contribution is 2.29. The van der Waals surface area contributed by atoms with Crippen LogP contribution < -0.4 is 0 Å². The van der Waals surface area contributed by atoms with Crippen molar-refractivity contribution in [2.75, 3.05) is 26.3 Å². The van der Waals surface area contributed by atoms with Crippen molar-refractivity contribution in [1.82, 2.24) is 9.21 Å². The number of nitrogens with zero attached hydrogens (tertiary/aromatic N) is 3. The first-order chi connectivity index (χ1) is 18.1. The van der Waals surface area contributed by atoms with Crippen molar-refractivity contribution in [2.45, 2.75) is 38.3 Å². The largest absolute Gasteiger partial charge is 0.464 e. The molecule has 0 unspecified atom stereocenters. The highest BCUT2D eigenvalue weighted by Gasteiger charge is 2.30. The van der Waals surface area contributed by atoms with Crippen LogP contribution in [0.1, 0.15) is 30.4 Å². The van der Waals surface area contributed by atoms with Gasteiger partial charge in [0, 0.05) is 32.4 Å². The maximum Gasteiger partial charge on any atom is 0.289 e. The Morgan fingerprint density at radius 2 is 1.84 bits per heavy atom. The number of hydrogen-bond donors (Lipinski definition) is 0. The highest BCUT2D eigenvalue weighted by atomic mass is 35.5. The molecule has 1 amide bonds. The molecule has 0 aliphatic rings. The molecule has 10 nitrogen and oxygen atoms in total. The predicted octanol–water partition coefficient (Wildman–Crippen LogP) is 4.80.